The first-order valence-corrected chi connectivity index (χ1v) is 32.9. The molecule has 28 heteroatoms. The molecule has 532 valence electrons. The molecule has 10 aromatic rings. The van der Waals surface area contributed by atoms with E-state index in [1.54, 1.807) is 99.4 Å². The van der Waals surface area contributed by atoms with Crippen LogP contribution in [0.5, 0.6) is 40.2 Å². The van der Waals surface area contributed by atoms with Gasteiger partial charge in [0.15, 0.2) is 34.6 Å². The molecule has 1 aliphatic heterocycles. The second kappa shape index (κ2) is 31.9. The van der Waals surface area contributed by atoms with Crippen molar-refractivity contribution in [2.75, 3.05) is 63.7 Å². The number of methoxy groups -OCH3 is 1. The lowest BCUT2D eigenvalue weighted by atomic mass is 9.98. The first-order chi connectivity index (χ1) is 49.1. The minimum Gasteiger partial charge on any atom is -0.493 e. The number of hydrogen-bond acceptors (Lipinski definition) is 19. The highest BCUT2D eigenvalue weighted by Crippen LogP contribution is 2.41. The zero-order valence-electron chi connectivity index (χ0n) is 56.6. The Morgan fingerprint density at radius 2 is 1.18 bits per heavy atom. The highest BCUT2D eigenvalue weighted by molar-refractivity contribution is 6.06. The number of rotatable bonds is 24. The molecule has 2 amide bonds. The van der Waals surface area contributed by atoms with E-state index in [9.17, 15) is 38.3 Å². The number of amides is 2. The predicted molar refractivity (Wildman–Crippen MR) is 373 cm³/mol. The van der Waals surface area contributed by atoms with Gasteiger partial charge in [0.05, 0.1) is 60.6 Å². The highest BCUT2D eigenvalue weighted by atomic mass is 19.1. The maximum absolute atomic E-state index is 15.4. The lowest BCUT2D eigenvalue weighted by Gasteiger charge is -2.32. The third-order valence-electron chi connectivity index (χ3n) is 17.9. The summed E-state index contributed by atoms with van der Waals surface area (Å²) in [6.45, 7) is 5.06. The topological polar surface area (TPSA) is 312 Å². The number of β-amino-alcohol motifs (C(OH)–C–C–N with tert-alkyl or cyclic N) is 1. The fourth-order valence-corrected chi connectivity index (χ4v) is 12.4. The van der Waals surface area contributed by atoms with Crippen LogP contribution in [0.1, 0.15) is 77.0 Å². The van der Waals surface area contributed by atoms with Gasteiger partial charge in [0, 0.05) is 99.0 Å². The van der Waals surface area contributed by atoms with E-state index in [4.69, 9.17) is 44.6 Å². The highest BCUT2D eigenvalue weighted by Gasteiger charge is 2.38. The fraction of sp³-hybridized carbons (Fsp3) is 0.297. The maximum Gasteiger partial charge on any atom is 0.320 e. The van der Waals surface area contributed by atoms with Gasteiger partial charge in [-0.05, 0) is 143 Å². The number of esters is 2. The van der Waals surface area contributed by atoms with Crippen molar-refractivity contribution >= 4 is 56.9 Å². The molecule has 4 aromatic heterocycles. The first-order valence-electron chi connectivity index (χ1n) is 32.9. The van der Waals surface area contributed by atoms with Crippen LogP contribution >= 0.6 is 0 Å². The van der Waals surface area contributed by atoms with E-state index in [0.717, 1.165) is 37.8 Å². The Morgan fingerprint density at radius 3 is 1.73 bits per heavy atom. The smallest absolute Gasteiger partial charge is 0.320 e. The monoisotopic (exact) mass is 1400 g/mol. The number of nitrogens with two attached hydrogens (primary N) is 2. The standard InChI is InChI=1S/C37H37F2N5O7.C37H39FN6O7/c1-22-34(36(47)44(43(22)2)25-9-6-23(38)7-10-25)35(46)42-24-8-11-30(27(39)18-24)50-29-12-16-41-28-20-32(31(48-3)19-26(28)29)49-17-15-37(13-4-5-14-37)51-33(45)21-40;1-23-35(37(48)44(42(23)2)25-6-4-3-5-7-25)36(47)41-24-8-11-33(30(38)18-24)51-32-12-15-40-31-19-28(9-10-29(31)32)49-22-26(45)21-43-16-13-27(14-17-43)50-34(46)20-39/h6-12,16,18-20H,4-5,13-15,17,21,40H2,1-3H3,(H,42,46);3-12,15,18-19,26-27,45H,13-14,16-17,20-22,39H2,1-2H3,(H,41,47). The van der Waals surface area contributed by atoms with Gasteiger partial charge >= 0.3 is 11.9 Å². The average molecular weight is 1400 g/mol. The SMILES string of the molecule is COc1cc2c(Oc3ccc(NC(=O)c4c(C)n(C)n(-c5ccc(F)cc5)c4=O)cc3F)ccnc2cc1OCCC1(OC(=O)CN)CCCC1.Cc1c(C(=O)Nc2ccc(Oc3ccnc4cc(OCC(O)CN5CCC(OC(=O)CN)CC5)ccc34)c(F)c2)c(=O)n(-c2ccccc2)n1C. The summed E-state index contributed by atoms with van der Waals surface area (Å²) in [5.41, 5.74) is 12.0. The van der Waals surface area contributed by atoms with Gasteiger partial charge in [-0.15, -0.1) is 0 Å². The molecule has 1 unspecified atom stereocenters. The number of benzene rings is 6. The lowest BCUT2D eigenvalue weighted by Crippen LogP contribution is -2.43. The van der Waals surface area contributed by atoms with E-state index < -0.39 is 64.0 Å². The Morgan fingerprint density at radius 1 is 0.627 bits per heavy atom. The van der Waals surface area contributed by atoms with E-state index in [1.165, 1.54) is 82.1 Å². The molecular formula is C74H76F3N11O14. The van der Waals surface area contributed by atoms with Gasteiger partial charge in [0.1, 0.15) is 58.6 Å². The largest absolute Gasteiger partial charge is 0.493 e. The minimum atomic E-state index is -0.769. The van der Waals surface area contributed by atoms with Crippen LogP contribution < -0.4 is 56.9 Å². The Labute approximate surface area is 582 Å². The molecule has 0 radical (unpaired) electrons. The number of anilines is 2. The lowest BCUT2D eigenvalue weighted by molar-refractivity contribution is -0.158. The van der Waals surface area contributed by atoms with Crippen molar-refractivity contribution < 1.29 is 70.6 Å². The van der Waals surface area contributed by atoms with Crippen molar-refractivity contribution in [3.8, 4) is 51.6 Å². The number of fused-ring (bicyclic) bond motifs is 2. The molecule has 25 nitrogen and oxygen atoms in total. The van der Waals surface area contributed by atoms with Gasteiger partial charge in [0.2, 0.25) is 0 Å². The maximum atomic E-state index is 15.4. The summed E-state index contributed by atoms with van der Waals surface area (Å²) in [5.74, 6) is -2.43. The molecule has 2 fully saturated rings. The number of pyridine rings is 2. The molecule has 1 aliphatic carbocycles. The quantitative estimate of drug-likeness (QED) is 0.0351. The molecule has 102 heavy (non-hydrogen) atoms. The Kier molecular flexibility index (Phi) is 22.5. The molecule has 6 aromatic carbocycles. The Balaban J connectivity index is 0.000000205. The predicted octanol–water partition coefficient (Wildman–Crippen LogP) is 9.87. The zero-order chi connectivity index (χ0) is 72.4. The van der Waals surface area contributed by atoms with Crippen molar-refractivity contribution in [3.05, 3.63) is 207 Å². The van der Waals surface area contributed by atoms with Crippen molar-refractivity contribution in [2.45, 2.75) is 76.6 Å². The molecule has 2 aliphatic rings. The van der Waals surface area contributed by atoms with Crippen LogP contribution in [0.3, 0.4) is 0 Å². The fourth-order valence-electron chi connectivity index (χ4n) is 12.4. The van der Waals surface area contributed by atoms with Crippen LogP contribution in [0.4, 0.5) is 24.5 Å². The molecule has 0 bridgehead atoms. The van der Waals surface area contributed by atoms with Crippen LogP contribution in [0.25, 0.3) is 33.2 Å². The van der Waals surface area contributed by atoms with Crippen molar-refractivity contribution in [2.24, 2.45) is 25.6 Å². The van der Waals surface area contributed by atoms with Gasteiger partial charge < -0.3 is 65.3 Å². The van der Waals surface area contributed by atoms with E-state index in [0.29, 0.717) is 112 Å². The number of nitrogens with one attached hydrogen (secondary N) is 2. The Hall–Kier alpha value is -11.3. The van der Waals surface area contributed by atoms with Gasteiger partial charge in [-0.3, -0.25) is 48.1 Å². The molecule has 0 spiro atoms. The van der Waals surface area contributed by atoms with E-state index in [2.05, 4.69) is 25.5 Å². The second-order valence-electron chi connectivity index (χ2n) is 24.6. The van der Waals surface area contributed by atoms with Crippen molar-refractivity contribution in [1.29, 1.82) is 0 Å². The summed E-state index contributed by atoms with van der Waals surface area (Å²) in [6.07, 6.45) is 7.40. The Bertz CT molecular complexity index is 4860. The van der Waals surface area contributed by atoms with Crippen molar-refractivity contribution in [3.63, 3.8) is 0 Å². The third kappa shape index (κ3) is 16.4. The number of nitrogens with zero attached hydrogens (tertiary/aromatic N) is 7. The number of hydrogen-bond donors (Lipinski definition) is 5. The normalized spacial score (nSPS) is 14.0. The minimum absolute atomic E-state index is 0.0483. The molecule has 7 N–H and O–H groups in total. The molecule has 1 atom stereocenters. The number of carbonyl (C=O) groups is 4. The van der Waals surface area contributed by atoms with Gasteiger partial charge in [-0.25, -0.2) is 22.5 Å². The number of piperidine rings is 1. The van der Waals surface area contributed by atoms with Gasteiger partial charge in [0.25, 0.3) is 22.9 Å². The number of aliphatic hydroxyl groups excluding tert-OH is 1. The van der Waals surface area contributed by atoms with Gasteiger partial charge in [-0.2, -0.15) is 0 Å². The summed E-state index contributed by atoms with van der Waals surface area (Å²) < 4.78 is 90.3. The second-order valence-corrected chi connectivity index (χ2v) is 24.6. The van der Waals surface area contributed by atoms with E-state index in [-0.39, 0.29) is 66.4 Å². The third-order valence-corrected chi connectivity index (χ3v) is 17.9. The molecule has 12 rings (SSSR count). The first kappa shape index (κ1) is 71.9. The number of likely N-dealkylation sites (tertiary alicyclic amines) is 1. The van der Waals surface area contributed by atoms with Crippen LogP contribution in [-0.2, 0) is 33.2 Å². The van der Waals surface area contributed by atoms with Crippen LogP contribution in [0, 0.1) is 31.3 Å². The number of aliphatic hydroxyl groups is 1. The zero-order valence-corrected chi connectivity index (χ0v) is 56.6. The van der Waals surface area contributed by atoms with Gasteiger partial charge in [-0.1, -0.05) is 18.2 Å². The van der Waals surface area contributed by atoms with E-state index in [1.807, 2.05) is 6.07 Å². The number of halogens is 3. The molecule has 1 saturated carbocycles. The summed E-state index contributed by atoms with van der Waals surface area (Å²) >= 11 is 0. The molecule has 1 saturated heterocycles. The number of aromatic nitrogens is 6. The number of para-hydroxylation sites is 1. The number of carbonyl (C=O) groups excluding carboxylic acids is 4. The summed E-state index contributed by atoms with van der Waals surface area (Å²) in [6, 6.07) is 33.9. The molecule has 5 heterocycles. The summed E-state index contributed by atoms with van der Waals surface area (Å²) in [5, 5.41) is 16.9. The van der Waals surface area contributed by atoms with Crippen molar-refractivity contribution in [1.82, 2.24) is 33.6 Å². The average Bonchev–Trinajstić information content (AvgIpc) is 1.59. The van der Waals surface area contributed by atoms with Crippen LogP contribution in [0.15, 0.2) is 155 Å². The number of ether oxygens (including phenoxy) is 7. The summed E-state index contributed by atoms with van der Waals surface area (Å²) in [7, 11) is 4.79. The molecular weight excluding hydrogens is 1320 g/mol. The summed E-state index contributed by atoms with van der Waals surface area (Å²) in [4.78, 5) is 87.2. The van der Waals surface area contributed by atoms with Crippen LogP contribution in [0.2, 0.25) is 0 Å². The van der Waals surface area contributed by atoms with Crippen LogP contribution in [-0.4, -0.2) is 133 Å². The van der Waals surface area contributed by atoms with E-state index >= 15 is 8.78 Å².